The van der Waals surface area contributed by atoms with E-state index in [1.54, 1.807) is 0 Å². The van der Waals surface area contributed by atoms with Crippen LogP contribution in [0.4, 0.5) is 13.2 Å². The van der Waals surface area contributed by atoms with Gasteiger partial charge in [-0.25, -0.2) is 0 Å². The topological polar surface area (TPSA) is 46.5 Å². The van der Waals surface area contributed by atoms with E-state index in [-0.39, 0.29) is 12.2 Å². The Morgan fingerprint density at radius 3 is 2.56 bits per heavy atom. The fraction of sp³-hybridized carbons (Fsp3) is 0.417. The summed E-state index contributed by atoms with van der Waals surface area (Å²) >= 11 is 0. The maximum Gasteiger partial charge on any atom is 0.419 e. The maximum atomic E-state index is 12.7. The summed E-state index contributed by atoms with van der Waals surface area (Å²) < 4.78 is 42.7. The van der Waals surface area contributed by atoms with Gasteiger partial charge >= 0.3 is 12.1 Å². The van der Waals surface area contributed by atoms with Crippen molar-refractivity contribution in [3.63, 3.8) is 0 Å². The van der Waals surface area contributed by atoms with Crippen LogP contribution in [0.5, 0.6) is 5.75 Å². The van der Waals surface area contributed by atoms with E-state index in [2.05, 4.69) is 4.74 Å². The second kappa shape index (κ2) is 5.75. The van der Waals surface area contributed by atoms with Crippen LogP contribution in [0.1, 0.15) is 24.0 Å². The van der Waals surface area contributed by atoms with Crippen LogP contribution in [0, 0.1) is 0 Å². The summed E-state index contributed by atoms with van der Waals surface area (Å²) in [6.45, 7) is 0. The quantitative estimate of drug-likeness (QED) is 0.886. The van der Waals surface area contributed by atoms with Gasteiger partial charge in [0.25, 0.3) is 0 Å². The number of carboxylic acid groups (broad SMARTS) is 1. The Balaban J connectivity index is 2.86. The van der Waals surface area contributed by atoms with Crippen LogP contribution in [0.2, 0.25) is 0 Å². The number of benzene rings is 1. The van der Waals surface area contributed by atoms with Gasteiger partial charge in [-0.05, 0) is 30.5 Å². The van der Waals surface area contributed by atoms with Gasteiger partial charge in [-0.2, -0.15) is 13.2 Å². The molecule has 18 heavy (non-hydrogen) atoms. The first kappa shape index (κ1) is 14.3. The number of hydrogen-bond donors (Lipinski definition) is 1. The smallest absolute Gasteiger partial charge is 0.419 e. The van der Waals surface area contributed by atoms with Crippen molar-refractivity contribution < 1.29 is 27.8 Å². The molecule has 0 saturated carbocycles. The molecule has 0 aliphatic carbocycles. The van der Waals surface area contributed by atoms with Crippen LogP contribution < -0.4 is 4.74 Å². The van der Waals surface area contributed by atoms with Gasteiger partial charge in [-0.3, -0.25) is 4.79 Å². The average molecular weight is 262 g/mol. The molecule has 1 aromatic rings. The third-order valence-corrected chi connectivity index (χ3v) is 2.43. The Morgan fingerprint density at radius 1 is 1.39 bits per heavy atom. The molecule has 0 fully saturated rings. The Bertz CT molecular complexity index is 427. The molecule has 0 aliphatic heterocycles. The molecule has 1 aromatic carbocycles. The molecule has 0 heterocycles. The van der Waals surface area contributed by atoms with Gasteiger partial charge in [0, 0.05) is 6.42 Å². The Labute approximate surface area is 102 Å². The summed E-state index contributed by atoms with van der Waals surface area (Å²) in [5.41, 5.74) is -0.387. The number of ether oxygens (including phenoxy) is 1. The number of hydrogen-bond acceptors (Lipinski definition) is 2. The van der Waals surface area contributed by atoms with Gasteiger partial charge in [0.1, 0.15) is 5.75 Å². The van der Waals surface area contributed by atoms with Crippen molar-refractivity contribution in [2.45, 2.75) is 25.4 Å². The summed E-state index contributed by atoms with van der Waals surface area (Å²) in [5.74, 6) is -1.19. The zero-order valence-electron chi connectivity index (χ0n) is 9.75. The number of carbonyl (C=O) groups is 1. The highest BCUT2D eigenvalue weighted by Gasteiger charge is 2.34. The highest BCUT2D eigenvalue weighted by Crippen LogP contribution is 2.36. The minimum atomic E-state index is -4.48. The lowest BCUT2D eigenvalue weighted by Gasteiger charge is -2.13. The standard InChI is InChI=1S/C12H13F3O3/c1-18-10-6-5-8(3-2-4-11(16)17)7-9(10)12(13,14)15/h5-7H,2-4H2,1H3,(H,16,17). The molecule has 0 radical (unpaired) electrons. The predicted molar refractivity (Wildman–Crippen MR) is 58.6 cm³/mol. The zero-order valence-corrected chi connectivity index (χ0v) is 9.75. The molecule has 0 unspecified atom stereocenters. The highest BCUT2D eigenvalue weighted by molar-refractivity contribution is 5.66. The highest BCUT2D eigenvalue weighted by atomic mass is 19.4. The summed E-state index contributed by atoms with van der Waals surface area (Å²) in [6.07, 6.45) is -3.94. The number of rotatable bonds is 5. The molecule has 1 N–H and O–H groups in total. The molecule has 6 heteroatoms. The van der Waals surface area contributed by atoms with E-state index in [9.17, 15) is 18.0 Å². The maximum absolute atomic E-state index is 12.7. The van der Waals surface area contributed by atoms with Gasteiger partial charge in [0.15, 0.2) is 0 Å². The van der Waals surface area contributed by atoms with Crippen LogP contribution in [0.25, 0.3) is 0 Å². The van der Waals surface area contributed by atoms with Crippen LogP contribution in [-0.2, 0) is 17.4 Å². The number of methoxy groups -OCH3 is 1. The average Bonchev–Trinajstić information content (AvgIpc) is 2.27. The van der Waals surface area contributed by atoms with E-state index in [0.29, 0.717) is 18.4 Å². The van der Waals surface area contributed by atoms with E-state index in [1.165, 1.54) is 19.2 Å². The molecule has 1 rings (SSSR count). The first-order valence-corrected chi connectivity index (χ1v) is 5.30. The summed E-state index contributed by atoms with van der Waals surface area (Å²) in [7, 11) is 1.18. The lowest BCUT2D eigenvalue weighted by atomic mass is 10.0. The van der Waals surface area contributed by atoms with Crippen molar-refractivity contribution in [1.82, 2.24) is 0 Å². The molecular weight excluding hydrogens is 249 g/mol. The molecule has 0 bridgehead atoms. The van der Waals surface area contributed by atoms with Crippen LogP contribution in [0.15, 0.2) is 18.2 Å². The molecule has 3 nitrogen and oxygen atoms in total. The largest absolute Gasteiger partial charge is 0.496 e. The number of alkyl halides is 3. The minimum absolute atomic E-state index is 0.0621. The van der Waals surface area contributed by atoms with Gasteiger partial charge < -0.3 is 9.84 Å². The molecule has 0 amide bonds. The van der Waals surface area contributed by atoms with E-state index >= 15 is 0 Å². The lowest BCUT2D eigenvalue weighted by Crippen LogP contribution is -2.08. The van der Waals surface area contributed by atoms with E-state index in [4.69, 9.17) is 5.11 Å². The summed E-state index contributed by atoms with van der Waals surface area (Å²) in [5, 5.41) is 8.46. The van der Waals surface area contributed by atoms with Crippen LogP contribution >= 0.6 is 0 Å². The van der Waals surface area contributed by atoms with E-state index < -0.39 is 17.7 Å². The number of aryl methyl sites for hydroxylation is 1. The minimum Gasteiger partial charge on any atom is -0.496 e. The van der Waals surface area contributed by atoms with Crippen molar-refractivity contribution >= 4 is 5.97 Å². The lowest BCUT2D eigenvalue weighted by molar-refractivity contribution is -0.139. The molecule has 0 saturated heterocycles. The number of aliphatic carboxylic acids is 1. The Morgan fingerprint density at radius 2 is 2.06 bits per heavy atom. The third kappa shape index (κ3) is 3.94. The predicted octanol–water partition coefficient (Wildman–Crippen LogP) is 3.12. The summed E-state index contributed by atoms with van der Waals surface area (Å²) in [4.78, 5) is 10.3. The van der Waals surface area contributed by atoms with Gasteiger partial charge in [0.2, 0.25) is 0 Å². The van der Waals surface area contributed by atoms with Crippen molar-refractivity contribution in [2.75, 3.05) is 7.11 Å². The molecule has 0 spiro atoms. The van der Waals surface area contributed by atoms with Crippen molar-refractivity contribution in [3.05, 3.63) is 29.3 Å². The van der Waals surface area contributed by atoms with Crippen LogP contribution in [-0.4, -0.2) is 18.2 Å². The van der Waals surface area contributed by atoms with E-state index in [0.717, 1.165) is 6.07 Å². The zero-order chi connectivity index (χ0) is 13.8. The normalized spacial score (nSPS) is 11.3. The van der Waals surface area contributed by atoms with E-state index in [1.807, 2.05) is 0 Å². The van der Waals surface area contributed by atoms with Crippen molar-refractivity contribution in [1.29, 1.82) is 0 Å². The van der Waals surface area contributed by atoms with Crippen LogP contribution in [0.3, 0.4) is 0 Å². The van der Waals surface area contributed by atoms with Crippen molar-refractivity contribution in [3.8, 4) is 5.75 Å². The first-order valence-electron chi connectivity index (χ1n) is 5.30. The van der Waals surface area contributed by atoms with Gasteiger partial charge in [-0.15, -0.1) is 0 Å². The molecule has 0 aliphatic rings. The fourth-order valence-corrected chi connectivity index (χ4v) is 1.58. The van der Waals surface area contributed by atoms with Gasteiger partial charge in [-0.1, -0.05) is 6.07 Å². The number of carboxylic acids is 1. The SMILES string of the molecule is COc1ccc(CCCC(=O)O)cc1C(F)(F)F. The molecule has 0 atom stereocenters. The third-order valence-electron chi connectivity index (χ3n) is 2.43. The van der Waals surface area contributed by atoms with Gasteiger partial charge in [0.05, 0.1) is 12.7 Å². The monoisotopic (exact) mass is 262 g/mol. The number of halogens is 3. The molecule has 100 valence electrons. The molecule has 0 aromatic heterocycles. The Kier molecular flexibility index (Phi) is 4.58. The van der Waals surface area contributed by atoms with Crippen molar-refractivity contribution in [2.24, 2.45) is 0 Å². The second-order valence-electron chi connectivity index (χ2n) is 3.78. The first-order chi connectivity index (χ1) is 8.34. The molecular formula is C12H13F3O3. The fourth-order valence-electron chi connectivity index (χ4n) is 1.58. The Hall–Kier alpha value is -1.72. The summed E-state index contributed by atoms with van der Waals surface area (Å²) in [6, 6.07) is 3.76. The second-order valence-corrected chi connectivity index (χ2v) is 3.78.